The van der Waals surface area contributed by atoms with Crippen molar-refractivity contribution in [3.8, 4) is 0 Å². The van der Waals surface area contributed by atoms with E-state index in [0.717, 1.165) is 38.2 Å². The minimum atomic E-state index is -0.121. The number of piperazine rings is 1. The van der Waals surface area contributed by atoms with Crippen LogP contribution in [0.25, 0.3) is 0 Å². The lowest BCUT2D eigenvalue weighted by Gasteiger charge is -2.35. The van der Waals surface area contributed by atoms with Crippen LogP contribution >= 0.6 is 12.4 Å². The van der Waals surface area contributed by atoms with Crippen LogP contribution in [0.2, 0.25) is 0 Å². The lowest BCUT2D eigenvalue weighted by Crippen LogP contribution is -2.45. The second-order valence-corrected chi connectivity index (χ2v) is 5.00. The molecule has 1 aliphatic heterocycles. The molecule has 0 aliphatic carbocycles. The van der Waals surface area contributed by atoms with Crippen molar-refractivity contribution in [3.05, 3.63) is 35.6 Å². The first kappa shape index (κ1) is 16.4. The van der Waals surface area contributed by atoms with E-state index in [9.17, 15) is 4.39 Å². The molecular formula is C15H24ClFN2. The molecule has 2 rings (SSSR count). The highest BCUT2D eigenvalue weighted by Gasteiger charge is 2.21. The van der Waals surface area contributed by atoms with E-state index in [4.69, 9.17) is 0 Å². The molecule has 19 heavy (non-hydrogen) atoms. The molecule has 108 valence electrons. The van der Waals surface area contributed by atoms with Crippen LogP contribution in [-0.2, 0) is 0 Å². The molecule has 1 aliphatic rings. The normalized spacial score (nSPS) is 17.8. The molecule has 1 saturated heterocycles. The Bertz CT molecular complexity index is 367. The van der Waals surface area contributed by atoms with Gasteiger partial charge in [-0.05, 0) is 24.1 Å². The standard InChI is InChI=1S/C15H23FN2.ClH/c1-2-3-7-15(18-10-8-17-9-11-18)13-5-4-6-14(16)12-13;/h4-6,12,15,17H,2-3,7-11H2,1H3;1H/t15-;/m0./s1. The highest BCUT2D eigenvalue weighted by Crippen LogP contribution is 2.27. The zero-order valence-corrected chi connectivity index (χ0v) is 12.4. The lowest BCUT2D eigenvalue weighted by atomic mass is 9.98. The summed E-state index contributed by atoms with van der Waals surface area (Å²) in [5, 5.41) is 3.37. The minimum absolute atomic E-state index is 0. The summed E-state index contributed by atoms with van der Waals surface area (Å²) < 4.78 is 13.4. The van der Waals surface area contributed by atoms with Crippen molar-refractivity contribution in [1.82, 2.24) is 10.2 Å². The van der Waals surface area contributed by atoms with Crippen molar-refractivity contribution in [2.45, 2.75) is 32.2 Å². The van der Waals surface area contributed by atoms with Gasteiger partial charge in [0.1, 0.15) is 5.82 Å². The van der Waals surface area contributed by atoms with Gasteiger partial charge in [0.2, 0.25) is 0 Å². The van der Waals surface area contributed by atoms with E-state index in [-0.39, 0.29) is 18.2 Å². The highest BCUT2D eigenvalue weighted by molar-refractivity contribution is 5.85. The first-order valence-corrected chi connectivity index (χ1v) is 7.01. The third-order valence-electron chi connectivity index (χ3n) is 3.66. The summed E-state index contributed by atoms with van der Waals surface area (Å²) in [6, 6.07) is 7.49. The number of nitrogens with one attached hydrogen (secondary N) is 1. The van der Waals surface area contributed by atoms with E-state index in [0.29, 0.717) is 6.04 Å². The predicted octanol–water partition coefficient (Wildman–Crippen LogP) is 3.38. The van der Waals surface area contributed by atoms with Gasteiger partial charge < -0.3 is 5.32 Å². The largest absolute Gasteiger partial charge is 0.314 e. The Morgan fingerprint density at radius 3 is 2.68 bits per heavy atom. The molecule has 0 saturated carbocycles. The summed E-state index contributed by atoms with van der Waals surface area (Å²) in [4.78, 5) is 2.49. The fraction of sp³-hybridized carbons (Fsp3) is 0.600. The van der Waals surface area contributed by atoms with Gasteiger partial charge in [-0.3, -0.25) is 4.90 Å². The molecule has 0 spiro atoms. The van der Waals surface area contributed by atoms with E-state index in [2.05, 4.69) is 23.2 Å². The van der Waals surface area contributed by atoms with Crippen molar-refractivity contribution in [2.75, 3.05) is 26.2 Å². The lowest BCUT2D eigenvalue weighted by molar-refractivity contribution is 0.163. The van der Waals surface area contributed by atoms with Crippen molar-refractivity contribution < 1.29 is 4.39 Å². The molecule has 1 heterocycles. The van der Waals surface area contributed by atoms with Crippen LogP contribution in [0.15, 0.2) is 24.3 Å². The summed E-state index contributed by atoms with van der Waals surface area (Å²) in [6.07, 6.45) is 3.52. The molecule has 0 aromatic heterocycles. The maximum atomic E-state index is 13.4. The molecule has 1 atom stereocenters. The van der Waals surface area contributed by atoms with Crippen LogP contribution in [-0.4, -0.2) is 31.1 Å². The van der Waals surface area contributed by atoms with Crippen molar-refractivity contribution in [2.24, 2.45) is 0 Å². The van der Waals surface area contributed by atoms with Crippen LogP contribution in [0.5, 0.6) is 0 Å². The quantitative estimate of drug-likeness (QED) is 0.893. The van der Waals surface area contributed by atoms with Gasteiger partial charge in [0, 0.05) is 32.2 Å². The van der Waals surface area contributed by atoms with Gasteiger partial charge in [0.25, 0.3) is 0 Å². The number of hydrogen-bond acceptors (Lipinski definition) is 2. The predicted molar refractivity (Wildman–Crippen MR) is 80.4 cm³/mol. The smallest absolute Gasteiger partial charge is 0.123 e. The zero-order valence-electron chi connectivity index (χ0n) is 11.6. The second kappa shape index (κ2) is 8.51. The third-order valence-corrected chi connectivity index (χ3v) is 3.66. The van der Waals surface area contributed by atoms with Crippen LogP contribution < -0.4 is 5.32 Å². The van der Waals surface area contributed by atoms with Crippen LogP contribution in [0.1, 0.15) is 37.8 Å². The molecule has 1 aromatic carbocycles. The van der Waals surface area contributed by atoms with Gasteiger partial charge in [-0.2, -0.15) is 0 Å². The number of halogens is 2. The first-order chi connectivity index (χ1) is 8.81. The molecule has 2 nitrogen and oxygen atoms in total. The maximum absolute atomic E-state index is 13.4. The number of nitrogens with zero attached hydrogens (tertiary/aromatic N) is 1. The van der Waals surface area contributed by atoms with Crippen LogP contribution in [0.3, 0.4) is 0 Å². The van der Waals surface area contributed by atoms with E-state index < -0.39 is 0 Å². The molecule has 0 unspecified atom stereocenters. The number of benzene rings is 1. The van der Waals surface area contributed by atoms with E-state index in [1.54, 1.807) is 6.07 Å². The van der Waals surface area contributed by atoms with Crippen molar-refractivity contribution in [1.29, 1.82) is 0 Å². The SMILES string of the molecule is CCCC[C@@H](c1cccc(F)c1)N1CCNCC1.Cl. The van der Waals surface area contributed by atoms with Gasteiger partial charge in [-0.15, -0.1) is 12.4 Å². The topological polar surface area (TPSA) is 15.3 Å². The zero-order chi connectivity index (χ0) is 12.8. The Hall–Kier alpha value is -0.640. The van der Waals surface area contributed by atoms with Gasteiger partial charge in [-0.25, -0.2) is 4.39 Å². The Kier molecular flexibility index (Phi) is 7.36. The molecular weight excluding hydrogens is 263 g/mol. The minimum Gasteiger partial charge on any atom is -0.314 e. The Labute approximate surface area is 121 Å². The Balaban J connectivity index is 0.00000180. The van der Waals surface area contributed by atoms with Gasteiger partial charge in [0.05, 0.1) is 0 Å². The maximum Gasteiger partial charge on any atom is 0.123 e. The third kappa shape index (κ3) is 4.75. The monoisotopic (exact) mass is 286 g/mol. The molecule has 1 N–H and O–H groups in total. The average molecular weight is 287 g/mol. The van der Waals surface area contributed by atoms with E-state index in [1.165, 1.54) is 18.9 Å². The number of unbranched alkanes of at least 4 members (excludes halogenated alkanes) is 1. The van der Waals surface area contributed by atoms with Crippen LogP contribution in [0.4, 0.5) is 4.39 Å². The van der Waals surface area contributed by atoms with E-state index >= 15 is 0 Å². The van der Waals surface area contributed by atoms with Crippen LogP contribution in [0, 0.1) is 5.82 Å². The summed E-state index contributed by atoms with van der Waals surface area (Å²) in [7, 11) is 0. The summed E-state index contributed by atoms with van der Waals surface area (Å²) in [5.74, 6) is -0.121. The van der Waals surface area contributed by atoms with Gasteiger partial charge in [0.15, 0.2) is 0 Å². The molecule has 0 amide bonds. The number of rotatable bonds is 5. The first-order valence-electron chi connectivity index (χ1n) is 7.01. The van der Waals surface area contributed by atoms with Gasteiger partial charge in [-0.1, -0.05) is 31.9 Å². The summed E-state index contributed by atoms with van der Waals surface area (Å²) >= 11 is 0. The van der Waals surface area contributed by atoms with Crippen molar-refractivity contribution >= 4 is 12.4 Å². The Morgan fingerprint density at radius 1 is 1.32 bits per heavy atom. The summed E-state index contributed by atoms with van der Waals surface area (Å²) in [6.45, 7) is 6.41. The number of hydrogen-bond donors (Lipinski definition) is 1. The Morgan fingerprint density at radius 2 is 2.05 bits per heavy atom. The molecule has 0 bridgehead atoms. The van der Waals surface area contributed by atoms with Crippen molar-refractivity contribution in [3.63, 3.8) is 0 Å². The second-order valence-electron chi connectivity index (χ2n) is 5.00. The molecule has 1 aromatic rings. The molecule has 0 radical (unpaired) electrons. The molecule has 4 heteroatoms. The fourth-order valence-corrected chi connectivity index (χ4v) is 2.67. The molecule has 1 fully saturated rings. The van der Waals surface area contributed by atoms with Gasteiger partial charge >= 0.3 is 0 Å². The summed E-state index contributed by atoms with van der Waals surface area (Å²) in [5.41, 5.74) is 1.13. The average Bonchev–Trinajstić information content (AvgIpc) is 2.40. The highest BCUT2D eigenvalue weighted by atomic mass is 35.5. The van der Waals surface area contributed by atoms with E-state index in [1.807, 2.05) is 6.07 Å². The fourth-order valence-electron chi connectivity index (χ4n) is 2.67.